The summed E-state index contributed by atoms with van der Waals surface area (Å²) >= 11 is 0. The zero-order chi connectivity index (χ0) is 22.4. The molecule has 0 aliphatic heterocycles. The van der Waals surface area contributed by atoms with Crippen molar-refractivity contribution in [2.75, 3.05) is 6.61 Å². The molecule has 0 fully saturated rings. The largest absolute Gasteiger partial charge is 0.464 e. The molecule has 3 rings (SSSR count). The molecule has 0 aliphatic carbocycles. The summed E-state index contributed by atoms with van der Waals surface area (Å²) in [6.45, 7) is 5.42. The fourth-order valence-corrected chi connectivity index (χ4v) is 3.31. The third-order valence-corrected chi connectivity index (χ3v) is 4.74. The standard InChI is InChI=1S/C24H24FN3O3/c1-4-31-24(30)23(26-21(29)15-10-18-8-6-5-7-9-18)22-16(2)27-28(17(22)3)20-13-11-19(25)12-14-20/h5-15,23H,4H2,1-3H3,(H,26,29)/b15-10+. The molecule has 0 bridgehead atoms. The summed E-state index contributed by atoms with van der Waals surface area (Å²) in [6, 6.07) is 14.2. The first-order valence-corrected chi connectivity index (χ1v) is 9.93. The number of amides is 1. The van der Waals surface area contributed by atoms with E-state index in [1.807, 2.05) is 30.3 Å². The van der Waals surface area contributed by atoms with Gasteiger partial charge in [-0.05, 0) is 56.7 Å². The third kappa shape index (κ3) is 5.25. The van der Waals surface area contributed by atoms with Gasteiger partial charge in [0.2, 0.25) is 5.91 Å². The Morgan fingerprint density at radius 1 is 1.13 bits per heavy atom. The van der Waals surface area contributed by atoms with E-state index >= 15 is 0 Å². The number of esters is 1. The second kappa shape index (κ2) is 9.84. The van der Waals surface area contributed by atoms with Crippen molar-refractivity contribution in [1.29, 1.82) is 0 Å². The van der Waals surface area contributed by atoms with Gasteiger partial charge in [0.05, 0.1) is 18.0 Å². The summed E-state index contributed by atoms with van der Waals surface area (Å²) in [6.07, 6.45) is 3.04. The Labute approximate surface area is 180 Å². The van der Waals surface area contributed by atoms with Gasteiger partial charge in [-0.3, -0.25) is 4.79 Å². The van der Waals surface area contributed by atoms with Crippen LogP contribution in [-0.4, -0.2) is 28.3 Å². The number of nitrogens with one attached hydrogen (secondary N) is 1. The lowest BCUT2D eigenvalue weighted by molar-refractivity contribution is -0.147. The second-order valence-electron chi connectivity index (χ2n) is 6.91. The van der Waals surface area contributed by atoms with E-state index in [0.717, 1.165) is 5.56 Å². The molecule has 1 atom stereocenters. The van der Waals surface area contributed by atoms with Crippen molar-refractivity contribution in [1.82, 2.24) is 15.1 Å². The van der Waals surface area contributed by atoms with E-state index in [2.05, 4.69) is 10.4 Å². The van der Waals surface area contributed by atoms with E-state index in [4.69, 9.17) is 4.74 Å². The Morgan fingerprint density at radius 2 is 1.81 bits per heavy atom. The highest BCUT2D eigenvalue weighted by molar-refractivity contribution is 5.95. The minimum atomic E-state index is -1.03. The summed E-state index contributed by atoms with van der Waals surface area (Å²) in [5.74, 6) is -1.36. The van der Waals surface area contributed by atoms with Crippen LogP contribution in [0.5, 0.6) is 0 Å². The van der Waals surface area contributed by atoms with Gasteiger partial charge in [0.1, 0.15) is 5.82 Å². The highest BCUT2D eigenvalue weighted by atomic mass is 19.1. The Kier molecular flexibility index (Phi) is 6.97. The number of aromatic nitrogens is 2. The number of ether oxygens (including phenoxy) is 1. The van der Waals surface area contributed by atoms with E-state index < -0.39 is 17.9 Å². The van der Waals surface area contributed by atoms with Crippen LogP contribution in [-0.2, 0) is 14.3 Å². The quantitative estimate of drug-likeness (QED) is 0.461. The molecule has 1 amide bonds. The van der Waals surface area contributed by atoms with Crippen molar-refractivity contribution in [2.45, 2.75) is 26.8 Å². The Morgan fingerprint density at radius 3 is 2.45 bits per heavy atom. The van der Waals surface area contributed by atoms with Crippen LogP contribution in [0.2, 0.25) is 0 Å². The maximum atomic E-state index is 13.3. The zero-order valence-corrected chi connectivity index (χ0v) is 17.6. The number of carbonyl (C=O) groups excluding carboxylic acids is 2. The first-order chi connectivity index (χ1) is 14.9. The molecule has 0 saturated carbocycles. The predicted molar refractivity (Wildman–Crippen MR) is 116 cm³/mol. The molecule has 2 aromatic carbocycles. The molecule has 6 nitrogen and oxygen atoms in total. The third-order valence-electron chi connectivity index (χ3n) is 4.74. The van der Waals surface area contributed by atoms with Gasteiger partial charge in [-0.25, -0.2) is 13.9 Å². The molecule has 0 radical (unpaired) electrons. The summed E-state index contributed by atoms with van der Waals surface area (Å²) in [5.41, 5.74) is 3.26. The second-order valence-corrected chi connectivity index (χ2v) is 6.91. The van der Waals surface area contributed by atoms with Crippen LogP contribution < -0.4 is 5.32 Å². The van der Waals surface area contributed by atoms with Gasteiger partial charge in [-0.2, -0.15) is 5.10 Å². The molecule has 1 heterocycles. The minimum absolute atomic E-state index is 0.176. The van der Waals surface area contributed by atoms with Crippen molar-refractivity contribution < 1.29 is 18.7 Å². The average molecular weight is 421 g/mol. The van der Waals surface area contributed by atoms with Crippen LogP contribution in [0, 0.1) is 19.7 Å². The van der Waals surface area contributed by atoms with Gasteiger partial charge in [0, 0.05) is 17.3 Å². The predicted octanol–water partition coefficient (Wildman–Crippen LogP) is 4.06. The van der Waals surface area contributed by atoms with Crippen LogP contribution in [0.1, 0.15) is 35.5 Å². The summed E-state index contributed by atoms with van der Waals surface area (Å²) in [5, 5.41) is 7.22. The number of rotatable bonds is 7. The lowest BCUT2D eigenvalue weighted by atomic mass is 10.0. The van der Waals surface area contributed by atoms with Gasteiger partial charge in [-0.1, -0.05) is 30.3 Å². The van der Waals surface area contributed by atoms with Crippen LogP contribution >= 0.6 is 0 Å². The molecular weight excluding hydrogens is 397 g/mol. The van der Waals surface area contributed by atoms with E-state index in [0.29, 0.717) is 22.6 Å². The topological polar surface area (TPSA) is 73.2 Å². The maximum Gasteiger partial charge on any atom is 0.333 e. The molecular formula is C24H24FN3O3. The molecule has 1 aromatic heterocycles. The average Bonchev–Trinajstić information content (AvgIpc) is 3.06. The molecule has 0 spiro atoms. The van der Waals surface area contributed by atoms with E-state index in [1.165, 1.54) is 18.2 Å². The minimum Gasteiger partial charge on any atom is -0.464 e. The number of benzene rings is 2. The number of aryl methyl sites for hydroxylation is 1. The molecule has 3 aromatic rings. The van der Waals surface area contributed by atoms with Crippen molar-refractivity contribution in [3.05, 3.63) is 89.0 Å². The number of carbonyl (C=O) groups is 2. The monoisotopic (exact) mass is 421 g/mol. The molecule has 31 heavy (non-hydrogen) atoms. The van der Waals surface area contributed by atoms with Crippen molar-refractivity contribution in [3.8, 4) is 5.69 Å². The number of halogens is 1. The smallest absolute Gasteiger partial charge is 0.333 e. The zero-order valence-electron chi connectivity index (χ0n) is 17.6. The molecule has 160 valence electrons. The number of hydrogen-bond acceptors (Lipinski definition) is 4. The lowest BCUT2D eigenvalue weighted by Crippen LogP contribution is -2.34. The Hall–Kier alpha value is -3.74. The normalized spacial score (nSPS) is 12.0. The molecule has 0 aliphatic rings. The summed E-state index contributed by atoms with van der Waals surface area (Å²) in [4.78, 5) is 25.3. The Balaban J connectivity index is 1.92. The van der Waals surface area contributed by atoms with Crippen molar-refractivity contribution in [3.63, 3.8) is 0 Å². The van der Waals surface area contributed by atoms with Gasteiger partial charge in [0.15, 0.2) is 6.04 Å². The SMILES string of the molecule is CCOC(=O)C(NC(=O)/C=C/c1ccccc1)c1c(C)nn(-c2ccc(F)cc2)c1C. The highest BCUT2D eigenvalue weighted by Gasteiger charge is 2.30. The van der Waals surface area contributed by atoms with Gasteiger partial charge < -0.3 is 10.1 Å². The fraction of sp³-hybridized carbons (Fsp3) is 0.208. The van der Waals surface area contributed by atoms with Crippen LogP contribution in [0.4, 0.5) is 4.39 Å². The Bertz CT molecular complexity index is 1090. The molecule has 7 heteroatoms. The van der Waals surface area contributed by atoms with Crippen LogP contribution in [0.3, 0.4) is 0 Å². The van der Waals surface area contributed by atoms with Gasteiger partial charge >= 0.3 is 5.97 Å². The van der Waals surface area contributed by atoms with Gasteiger partial charge in [-0.15, -0.1) is 0 Å². The summed E-state index contributed by atoms with van der Waals surface area (Å²) < 4.78 is 20.1. The molecule has 0 saturated heterocycles. The number of nitrogens with zero attached hydrogens (tertiary/aromatic N) is 2. The highest BCUT2D eigenvalue weighted by Crippen LogP contribution is 2.25. The number of hydrogen-bond donors (Lipinski definition) is 1. The first kappa shape index (κ1) is 22.0. The first-order valence-electron chi connectivity index (χ1n) is 9.93. The molecule has 1 N–H and O–H groups in total. The van der Waals surface area contributed by atoms with E-state index in [-0.39, 0.29) is 12.4 Å². The van der Waals surface area contributed by atoms with Gasteiger partial charge in [0.25, 0.3) is 0 Å². The van der Waals surface area contributed by atoms with E-state index in [1.54, 1.807) is 43.7 Å². The van der Waals surface area contributed by atoms with E-state index in [9.17, 15) is 14.0 Å². The van der Waals surface area contributed by atoms with Crippen molar-refractivity contribution >= 4 is 18.0 Å². The van der Waals surface area contributed by atoms with Crippen LogP contribution in [0.25, 0.3) is 11.8 Å². The molecule has 1 unspecified atom stereocenters. The van der Waals surface area contributed by atoms with Crippen molar-refractivity contribution in [2.24, 2.45) is 0 Å². The fourth-order valence-electron chi connectivity index (χ4n) is 3.31. The maximum absolute atomic E-state index is 13.3. The lowest BCUT2D eigenvalue weighted by Gasteiger charge is -2.17. The summed E-state index contributed by atoms with van der Waals surface area (Å²) in [7, 11) is 0. The van der Waals surface area contributed by atoms with Crippen LogP contribution in [0.15, 0.2) is 60.7 Å².